The maximum Gasteiger partial charge on any atom is 0.321 e. The number of likely N-dealkylation sites (N-methyl/N-ethyl adjacent to an activating group) is 1. The molecule has 1 amide bonds. The highest BCUT2D eigenvalue weighted by Crippen LogP contribution is 2.32. The van der Waals surface area contributed by atoms with E-state index in [0.29, 0.717) is 11.0 Å². The summed E-state index contributed by atoms with van der Waals surface area (Å²) in [4.78, 5) is 34.1. The van der Waals surface area contributed by atoms with Gasteiger partial charge in [0.2, 0.25) is 11.9 Å². The van der Waals surface area contributed by atoms with Crippen molar-refractivity contribution in [1.29, 1.82) is 0 Å². The van der Waals surface area contributed by atoms with E-state index >= 15 is 0 Å². The summed E-state index contributed by atoms with van der Waals surface area (Å²) >= 11 is 6.11. The zero-order valence-corrected chi connectivity index (χ0v) is 15.7. The van der Waals surface area contributed by atoms with Crippen LogP contribution in [0, 0.1) is 5.92 Å². The van der Waals surface area contributed by atoms with Crippen LogP contribution in [-0.4, -0.2) is 67.5 Å². The molecule has 3 rings (SSSR count). The number of carbonyl (C=O) groups is 2. The van der Waals surface area contributed by atoms with E-state index in [1.807, 2.05) is 11.0 Å². The predicted molar refractivity (Wildman–Crippen MR) is 99.0 cm³/mol. The van der Waals surface area contributed by atoms with Crippen molar-refractivity contribution in [3.8, 4) is 0 Å². The van der Waals surface area contributed by atoms with E-state index in [-0.39, 0.29) is 6.61 Å². The van der Waals surface area contributed by atoms with Crippen LogP contribution < -0.4 is 5.32 Å². The molecule has 8 heteroatoms. The maximum absolute atomic E-state index is 12.7. The van der Waals surface area contributed by atoms with E-state index in [4.69, 9.17) is 21.3 Å². The smallest absolute Gasteiger partial charge is 0.321 e. The molecule has 140 valence electrons. The number of nitrogens with zero attached hydrogens (tertiary/aromatic N) is 3. The van der Waals surface area contributed by atoms with Gasteiger partial charge in [0.15, 0.2) is 5.92 Å². The van der Waals surface area contributed by atoms with Gasteiger partial charge in [0.05, 0.1) is 6.61 Å². The molecule has 1 aromatic rings. The summed E-state index contributed by atoms with van der Waals surface area (Å²) in [5, 5.41) is 3.32. The van der Waals surface area contributed by atoms with Crippen molar-refractivity contribution in [3.63, 3.8) is 0 Å². The minimum absolute atomic E-state index is 0.208. The first-order valence-electron chi connectivity index (χ1n) is 8.74. The number of carbonyl (C=O) groups excluding carboxylic acids is 2. The van der Waals surface area contributed by atoms with Gasteiger partial charge in [0.1, 0.15) is 6.04 Å². The van der Waals surface area contributed by atoms with Crippen molar-refractivity contribution in [1.82, 2.24) is 15.1 Å². The summed E-state index contributed by atoms with van der Waals surface area (Å²) in [7, 11) is 2.06. The molecule has 26 heavy (non-hydrogen) atoms. The fraction of sp³-hybridized carbons (Fsp3) is 0.500. The molecule has 1 fully saturated rings. The summed E-state index contributed by atoms with van der Waals surface area (Å²) in [6, 6.07) is 6.45. The van der Waals surface area contributed by atoms with Crippen LogP contribution in [-0.2, 0) is 14.3 Å². The first kappa shape index (κ1) is 18.7. The Morgan fingerprint density at radius 3 is 2.73 bits per heavy atom. The van der Waals surface area contributed by atoms with Gasteiger partial charge < -0.3 is 14.5 Å². The minimum atomic E-state index is -1.02. The van der Waals surface area contributed by atoms with Gasteiger partial charge in [-0.05, 0) is 31.7 Å². The van der Waals surface area contributed by atoms with E-state index < -0.39 is 23.8 Å². The molecule has 0 spiro atoms. The Hall–Kier alpha value is -2.12. The van der Waals surface area contributed by atoms with Crippen molar-refractivity contribution in [2.75, 3.05) is 39.8 Å². The Morgan fingerprint density at radius 2 is 2.08 bits per heavy atom. The van der Waals surface area contributed by atoms with Gasteiger partial charge in [-0.25, -0.2) is 4.99 Å². The summed E-state index contributed by atoms with van der Waals surface area (Å²) in [5.74, 6) is -1.48. The summed E-state index contributed by atoms with van der Waals surface area (Å²) < 4.78 is 5.11. The minimum Gasteiger partial charge on any atom is -0.465 e. The van der Waals surface area contributed by atoms with Gasteiger partial charge in [-0.3, -0.25) is 14.9 Å². The molecule has 0 aliphatic carbocycles. The zero-order chi connectivity index (χ0) is 18.7. The van der Waals surface area contributed by atoms with Crippen LogP contribution in [0.15, 0.2) is 29.3 Å². The topological polar surface area (TPSA) is 74.2 Å². The third-order valence-electron chi connectivity index (χ3n) is 4.63. The Morgan fingerprint density at radius 1 is 1.35 bits per heavy atom. The second-order valence-corrected chi connectivity index (χ2v) is 6.90. The lowest BCUT2D eigenvalue weighted by atomic mass is 9.91. The second kappa shape index (κ2) is 8.05. The number of aliphatic imine (C=N–C) groups is 1. The normalized spacial score (nSPS) is 24.0. The molecule has 1 saturated heterocycles. The highest BCUT2D eigenvalue weighted by molar-refractivity contribution is 6.30. The average molecular weight is 379 g/mol. The van der Waals surface area contributed by atoms with Crippen LogP contribution in [0.5, 0.6) is 0 Å². The third-order valence-corrected chi connectivity index (χ3v) is 4.86. The predicted octanol–water partition coefficient (Wildman–Crippen LogP) is 1.29. The molecule has 1 aromatic carbocycles. The van der Waals surface area contributed by atoms with Gasteiger partial charge in [-0.1, -0.05) is 23.7 Å². The van der Waals surface area contributed by atoms with Crippen molar-refractivity contribution in [2.24, 2.45) is 10.9 Å². The number of amides is 1. The molecular formula is C18H23ClN4O3. The second-order valence-electron chi connectivity index (χ2n) is 6.46. The van der Waals surface area contributed by atoms with E-state index in [2.05, 4.69) is 17.3 Å². The van der Waals surface area contributed by atoms with Gasteiger partial charge in [-0.15, -0.1) is 0 Å². The van der Waals surface area contributed by atoms with Gasteiger partial charge in [-0.2, -0.15) is 0 Å². The molecule has 0 saturated carbocycles. The lowest BCUT2D eigenvalue weighted by molar-refractivity contribution is -0.153. The fourth-order valence-corrected chi connectivity index (χ4v) is 3.37. The summed E-state index contributed by atoms with van der Waals surface area (Å²) in [5.41, 5.74) is 0.719. The molecule has 2 heterocycles. The summed E-state index contributed by atoms with van der Waals surface area (Å²) in [6.45, 7) is 5.23. The van der Waals surface area contributed by atoms with Crippen LogP contribution in [0.1, 0.15) is 18.5 Å². The number of rotatable bonds is 3. The Labute approximate surface area is 158 Å². The number of piperazine rings is 1. The number of halogens is 1. The molecule has 0 unspecified atom stereocenters. The number of hydrogen-bond acceptors (Lipinski definition) is 6. The van der Waals surface area contributed by atoms with Gasteiger partial charge >= 0.3 is 5.97 Å². The molecule has 0 bridgehead atoms. The molecule has 2 aliphatic rings. The standard InChI is InChI=1S/C18H23ClN4O3/c1-3-26-17(25)14-15(12-5-4-6-13(19)11-12)20-18(21-16(14)24)23-9-7-22(2)8-10-23/h4-6,11,14-15H,3,7-10H2,1-2H3,(H,20,21,24)/t14-,15-/m0/s1. The molecule has 1 N–H and O–H groups in total. The number of esters is 1. The lowest BCUT2D eigenvalue weighted by Crippen LogP contribution is -2.56. The number of nitrogens with one attached hydrogen (secondary N) is 1. The number of benzene rings is 1. The Kier molecular flexibility index (Phi) is 5.78. The molecule has 2 atom stereocenters. The molecule has 0 aromatic heterocycles. The van der Waals surface area contributed by atoms with Crippen molar-refractivity contribution >= 4 is 29.4 Å². The molecule has 0 radical (unpaired) electrons. The van der Waals surface area contributed by atoms with Crippen LogP contribution >= 0.6 is 11.6 Å². The van der Waals surface area contributed by atoms with E-state index in [1.165, 1.54) is 0 Å². The van der Waals surface area contributed by atoms with Gasteiger partial charge in [0.25, 0.3) is 0 Å². The fourth-order valence-electron chi connectivity index (χ4n) is 3.17. The van der Waals surface area contributed by atoms with Crippen molar-refractivity contribution in [3.05, 3.63) is 34.9 Å². The zero-order valence-electron chi connectivity index (χ0n) is 14.9. The largest absolute Gasteiger partial charge is 0.465 e. The number of ether oxygens (including phenoxy) is 1. The average Bonchev–Trinajstić information content (AvgIpc) is 2.61. The van der Waals surface area contributed by atoms with Crippen LogP contribution in [0.3, 0.4) is 0 Å². The highest BCUT2D eigenvalue weighted by atomic mass is 35.5. The van der Waals surface area contributed by atoms with Crippen LogP contribution in [0.2, 0.25) is 5.02 Å². The molecule has 2 aliphatic heterocycles. The van der Waals surface area contributed by atoms with Crippen molar-refractivity contribution < 1.29 is 14.3 Å². The lowest BCUT2D eigenvalue weighted by Gasteiger charge is -2.37. The Bertz CT molecular complexity index is 716. The van der Waals surface area contributed by atoms with Gasteiger partial charge in [0, 0.05) is 31.2 Å². The number of guanidine groups is 1. The highest BCUT2D eigenvalue weighted by Gasteiger charge is 2.42. The molecular weight excluding hydrogens is 356 g/mol. The number of hydrogen-bond donors (Lipinski definition) is 1. The third kappa shape index (κ3) is 3.99. The first-order valence-corrected chi connectivity index (χ1v) is 9.11. The molecule has 7 nitrogen and oxygen atoms in total. The van der Waals surface area contributed by atoms with Crippen molar-refractivity contribution in [2.45, 2.75) is 13.0 Å². The van der Waals surface area contributed by atoms with E-state index in [1.54, 1.807) is 25.1 Å². The van der Waals surface area contributed by atoms with E-state index in [0.717, 1.165) is 31.7 Å². The first-order chi connectivity index (χ1) is 12.5. The maximum atomic E-state index is 12.7. The van der Waals surface area contributed by atoms with Crippen LogP contribution in [0.4, 0.5) is 0 Å². The quantitative estimate of drug-likeness (QED) is 0.633. The van der Waals surface area contributed by atoms with Crippen LogP contribution in [0.25, 0.3) is 0 Å². The summed E-state index contributed by atoms with van der Waals surface area (Å²) in [6.07, 6.45) is 0. The van der Waals surface area contributed by atoms with E-state index in [9.17, 15) is 9.59 Å². The monoisotopic (exact) mass is 378 g/mol. The Balaban J connectivity index is 1.95. The SMILES string of the molecule is CCOC(=O)[C@@H]1C(=O)NC(N2CCN(C)CC2)=N[C@H]1c1cccc(Cl)c1.